The van der Waals surface area contributed by atoms with Crippen molar-refractivity contribution in [3.63, 3.8) is 0 Å². The lowest BCUT2D eigenvalue weighted by atomic mass is 10.0. The Labute approximate surface area is 202 Å². The van der Waals surface area contributed by atoms with Crippen LogP contribution in [0.5, 0.6) is 5.88 Å². The zero-order chi connectivity index (χ0) is 25.0. The number of nitrogens with one attached hydrogen (secondary N) is 1. The Morgan fingerprint density at radius 1 is 0.971 bits per heavy atom. The van der Waals surface area contributed by atoms with Crippen LogP contribution < -0.4 is 10.1 Å². The molecule has 4 rings (SSSR count). The van der Waals surface area contributed by atoms with Gasteiger partial charge in [0, 0.05) is 12.6 Å². The van der Waals surface area contributed by atoms with E-state index in [1.54, 1.807) is 36.4 Å². The van der Waals surface area contributed by atoms with E-state index in [1.807, 2.05) is 12.1 Å². The van der Waals surface area contributed by atoms with Crippen LogP contribution >= 0.6 is 11.6 Å². The van der Waals surface area contributed by atoms with Crippen LogP contribution in [0, 0.1) is 5.82 Å². The summed E-state index contributed by atoms with van der Waals surface area (Å²) in [6.07, 6.45) is -4.71. The van der Waals surface area contributed by atoms with Crippen molar-refractivity contribution in [2.75, 3.05) is 6.61 Å². The molecule has 5 nitrogen and oxygen atoms in total. The smallest absolute Gasteiger partial charge is 0.435 e. The van der Waals surface area contributed by atoms with E-state index >= 15 is 0 Å². The Bertz CT molecular complexity index is 1340. The summed E-state index contributed by atoms with van der Waals surface area (Å²) in [4.78, 5) is 12.3. The van der Waals surface area contributed by atoms with Crippen LogP contribution in [0.2, 0.25) is 5.02 Å². The number of carbonyl (C=O) groups excluding carboxylic acids is 1. The molecule has 1 aromatic heterocycles. The number of halogens is 5. The maximum absolute atomic E-state index is 13.2. The van der Waals surface area contributed by atoms with Crippen LogP contribution in [-0.2, 0) is 17.5 Å². The van der Waals surface area contributed by atoms with Crippen LogP contribution in [0.1, 0.15) is 11.3 Å². The van der Waals surface area contributed by atoms with Crippen molar-refractivity contribution in [2.45, 2.75) is 12.7 Å². The van der Waals surface area contributed by atoms with Crippen molar-refractivity contribution in [3.8, 4) is 22.7 Å². The van der Waals surface area contributed by atoms with Crippen LogP contribution in [0.25, 0.3) is 16.8 Å². The molecule has 0 aliphatic rings. The lowest BCUT2D eigenvalue weighted by Gasteiger charge is -2.11. The van der Waals surface area contributed by atoms with Gasteiger partial charge in [0.25, 0.3) is 5.91 Å². The van der Waals surface area contributed by atoms with Crippen molar-refractivity contribution in [1.82, 2.24) is 15.1 Å². The molecule has 3 aromatic carbocycles. The van der Waals surface area contributed by atoms with Gasteiger partial charge in [0.2, 0.25) is 5.88 Å². The van der Waals surface area contributed by atoms with E-state index in [1.165, 1.54) is 24.3 Å². The third-order valence-electron chi connectivity index (χ3n) is 4.99. The average Bonchev–Trinajstić information content (AvgIpc) is 3.27. The topological polar surface area (TPSA) is 56.1 Å². The lowest BCUT2D eigenvalue weighted by molar-refractivity contribution is -0.141. The minimum absolute atomic E-state index is 0.162. The number of aromatic nitrogens is 2. The second-order valence-electron chi connectivity index (χ2n) is 7.50. The van der Waals surface area contributed by atoms with Gasteiger partial charge in [-0.15, -0.1) is 0 Å². The van der Waals surface area contributed by atoms with E-state index in [0.717, 1.165) is 21.4 Å². The molecule has 1 amide bonds. The van der Waals surface area contributed by atoms with Gasteiger partial charge in [-0.2, -0.15) is 23.0 Å². The third-order valence-corrected chi connectivity index (χ3v) is 5.31. The van der Waals surface area contributed by atoms with Crippen molar-refractivity contribution in [3.05, 3.63) is 101 Å². The fourth-order valence-corrected chi connectivity index (χ4v) is 3.51. The summed E-state index contributed by atoms with van der Waals surface area (Å²) in [5, 5.41) is 6.38. The highest BCUT2D eigenvalue weighted by Crippen LogP contribution is 2.33. The van der Waals surface area contributed by atoms with E-state index in [2.05, 4.69) is 10.4 Å². The molecule has 0 radical (unpaired) electrons. The molecule has 0 aliphatic carbocycles. The van der Waals surface area contributed by atoms with Crippen LogP contribution in [-0.4, -0.2) is 22.3 Å². The van der Waals surface area contributed by atoms with Gasteiger partial charge in [-0.25, -0.2) is 4.39 Å². The monoisotopic (exact) mass is 503 g/mol. The summed E-state index contributed by atoms with van der Waals surface area (Å²) < 4.78 is 59.1. The number of amides is 1. The van der Waals surface area contributed by atoms with Gasteiger partial charge in [-0.05, 0) is 47.0 Å². The third kappa shape index (κ3) is 5.99. The van der Waals surface area contributed by atoms with Gasteiger partial charge in [-0.3, -0.25) is 4.79 Å². The fraction of sp³-hybridized carbons (Fsp3) is 0.120. The summed E-state index contributed by atoms with van der Waals surface area (Å²) in [5.41, 5.74) is 1.44. The molecule has 10 heteroatoms. The van der Waals surface area contributed by atoms with E-state index < -0.39 is 24.4 Å². The Hall–Kier alpha value is -3.85. The number of rotatable bonds is 7. The van der Waals surface area contributed by atoms with Crippen molar-refractivity contribution in [1.29, 1.82) is 0 Å². The molecular weight excluding hydrogens is 486 g/mol. The minimum Gasteiger partial charge on any atom is -0.467 e. The molecule has 0 saturated carbocycles. The van der Waals surface area contributed by atoms with Gasteiger partial charge >= 0.3 is 6.18 Å². The second kappa shape index (κ2) is 10.2. The van der Waals surface area contributed by atoms with Crippen molar-refractivity contribution in [2.24, 2.45) is 0 Å². The van der Waals surface area contributed by atoms with Gasteiger partial charge in [0.1, 0.15) is 5.82 Å². The second-order valence-corrected chi connectivity index (χ2v) is 7.91. The molecular formula is C25H18ClF4N3O2. The summed E-state index contributed by atoms with van der Waals surface area (Å²) in [6.45, 7) is -0.375. The van der Waals surface area contributed by atoms with E-state index in [9.17, 15) is 22.4 Å². The summed E-state index contributed by atoms with van der Waals surface area (Å²) in [5.74, 6) is -1.16. The number of para-hydroxylation sites is 1. The summed E-state index contributed by atoms with van der Waals surface area (Å²) >= 11 is 6.10. The first kappa shape index (κ1) is 24.3. The molecule has 1 N–H and O–H groups in total. The largest absolute Gasteiger partial charge is 0.467 e. The summed E-state index contributed by atoms with van der Waals surface area (Å²) in [6, 6.07) is 20.2. The zero-order valence-corrected chi connectivity index (χ0v) is 18.8. The molecule has 35 heavy (non-hydrogen) atoms. The van der Waals surface area contributed by atoms with Gasteiger partial charge in [0.05, 0.1) is 10.7 Å². The molecule has 0 unspecified atom stereocenters. The number of alkyl halides is 3. The number of ether oxygens (including phenoxy) is 1. The highest BCUT2D eigenvalue weighted by Gasteiger charge is 2.36. The molecule has 0 spiro atoms. The number of hydrogen-bond acceptors (Lipinski definition) is 3. The Morgan fingerprint density at radius 3 is 2.43 bits per heavy atom. The maximum atomic E-state index is 13.2. The first-order valence-corrected chi connectivity index (χ1v) is 10.7. The van der Waals surface area contributed by atoms with Gasteiger partial charge in [-0.1, -0.05) is 54.1 Å². The number of carbonyl (C=O) groups is 1. The quantitative estimate of drug-likeness (QED) is 0.313. The molecule has 0 fully saturated rings. The maximum Gasteiger partial charge on any atom is 0.435 e. The predicted octanol–water partition coefficient (Wildman–Crippen LogP) is 6.05. The Kier molecular flexibility index (Phi) is 7.07. The lowest BCUT2D eigenvalue weighted by Crippen LogP contribution is -2.28. The van der Waals surface area contributed by atoms with E-state index in [-0.39, 0.29) is 29.0 Å². The first-order chi connectivity index (χ1) is 16.7. The SMILES string of the molecule is O=C(COc1cc(C(F)(F)F)nn1-c1ccccc1Cl)NCc1cccc(-c2ccc(F)cc2)c1. The normalized spacial score (nSPS) is 11.3. The highest BCUT2D eigenvalue weighted by atomic mass is 35.5. The standard InChI is InChI=1S/C25H18ClF4N3O2/c26-20-6-1-2-7-21(20)33-24(13-22(32-33)25(28,29)30)35-15-23(34)31-14-16-4-3-5-18(12-16)17-8-10-19(27)11-9-17/h1-13H,14-15H2,(H,31,34). The highest BCUT2D eigenvalue weighted by molar-refractivity contribution is 6.32. The van der Waals surface area contributed by atoms with Crippen LogP contribution in [0.3, 0.4) is 0 Å². The van der Waals surface area contributed by atoms with Gasteiger partial charge in [0.15, 0.2) is 12.3 Å². The van der Waals surface area contributed by atoms with E-state index in [4.69, 9.17) is 16.3 Å². The zero-order valence-electron chi connectivity index (χ0n) is 18.0. The van der Waals surface area contributed by atoms with Crippen molar-refractivity contribution < 1.29 is 27.1 Å². The molecule has 0 bridgehead atoms. The predicted molar refractivity (Wildman–Crippen MR) is 123 cm³/mol. The number of benzene rings is 3. The Morgan fingerprint density at radius 2 is 1.71 bits per heavy atom. The summed E-state index contributed by atoms with van der Waals surface area (Å²) in [7, 11) is 0. The Balaban J connectivity index is 1.43. The molecule has 180 valence electrons. The molecule has 1 heterocycles. The number of nitrogens with zero attached hydrogens (tertiary/aromatic N) is 2. The first-order valence-electron chi connectivity index (χ1n) is 10.4. The van der Waals surface area contributed by atoms with Crippen LogP contribution in [0.4, 0.5) is 17.6 Å². The van der Waals surface area contributed by atoms with E-state index in [0.29, 0.717) is 6.07 Å². The molecule has 4 aromatic rings. The van der Waals surface area contributed by atoms with Gasteiger partial charge < -0.3 is 10.1 Å². The number of hydrogen-bond donors (Lipinski definition) is 1. The minimum atomic E-state index is -4.71. The van der Waals surface area contributed by atoms with Crippen molar-refractivity contribution >= 4 is 17.5 Å². The molecule has 0 atom stereocenters. The molecule has 0 saturated heterocycles. The average molecular weight is 504 g/mol. The fourth-order valence-electron chi connectivity index (χ4n) is 3.30. The molecule has 0 aliphatic heterocycles. The van der Waals surface area contributed by atoms with Crippen LogP contribution in [0.15, 0.2) is 78.9 Å².